The molecule has 4 heteroatoms. The van der Waals surface area contributed by atoms with Gasteiger partial charge in [0.2, 0.25) is 0 Å². The largest absolute Gasteiger partial charge is 0.462 e. The number of aryl methyl sites for hydroxylation is 1. The van der Waals surface area contributed by atoms with Gasteiger partial charge in [-0.15, -0.1) is 0 Å². The first-order chi connectivity index (χ1) is 8.33. The number of carbonyl (C=O) groups excluding carboxylic acids is 1. The van der Waals surface area contributed by atoms with Gasteiger partial charge in [0.05, 0.1) is 0 Å². The summed E-state index contributed by atoms with van der Waals surface area (Å²) in [6.07, 6.45) is 2.08. The maximum absolute atomic E-state index is 9.60. The minimum Gasteiger partial charge on any atom is -0.462 e. The van der Waals surface area contributed by atoms with Crippen LogP contribution in [0.15, 0.2) is 30.5 Å². The summed E-state index contributed by atoms with van der Waals surface area (Å²) in [6.45, 7) is 5.92. The number of fused-ring (bicyclic) bond motifs is 1. The zero-order valence-corrected chi connectivity index (χ0v) is 13.3. The van der Waals surface area contributed by atoms with Crippen LogP contribution in [0.2, 0.25) is 0 Å². The van der Waals surface area contributed by atoms with Crippen molar-refractivity contribution < 1.29 is 9.53 Å². The summed E-state index contributed by atoms with van der Waals surface area (Å²) in [7, 11) is 2.07. The van der Waals surface area contributed by atoms with Crippen LogP contribution in [0.5, 0.6) is 0 Å². The van der Waals surface area contributed by atoms with Gasteiger partial charge in [-0.25, -0.2) is 0 Å². The molecule has 2 aromatic rings. The van der Waals surface area contributed by atoms with Gasteiger partial charge in [-0.2, -0.15) is 0 Å². The van der Waals surface area contributed by atoms with Crippen LogP contribution in [-0.2, 0) is 16.6 Å². The number of halogens is 1. The van der Waals surface area contributed by atoms with E-state index in [0.717, 1.165) is 0 Å². The van der Waals surface area contributed by atoms with Gasteiger partial charge >= 0.3 is 0 Å². The predicted octanol–water partition coefficient (Wildman–Crippen LogP) is 3.74. The van der Waals surface area contributed by atoms with Gasteiger partial charge < -0.3 is 9.30 Å². The van der Waals surface area contributed by atoms with Gasteiger partial charge in [-0.3, -0.25) is 4.79 Å². The number of carbonyl (C=O) groups is 1. The lowest BCUT2D eigenvalue weighted by atomic mass is 10.2. The fraction of sp³-hybridized carbons (Fsp3) is 0.357. The van der Waals surface area contributed by atoms with E-state index in [0.29, 0.717) is 6.47 Å². The smallest absolute Gasteiger partial charge is 0.293 e. The molecule has 0 unspecified atom stereocenters. The Labute approximate surface area is 121 Å². The van der Waals surface area contributed by atoms with Gasteiger partial charge in [0, 0.05) is 22.3 Å². The second-order valence-corrected chi connectivity index (χ2v) is 6.20. The number of hydrogen-bond acceptors (Lipinski definition) is 2. The Balaban J connectivity index is 0.000000203. The monoisotopic (exact) mass is 359 g/mol. The van der Waals surface area contributed by atoms with E-state index in [9.17, 15) is 4.79 Å². The van der Waals surface area contributed by atoms with E-state index >= 15 is 0 Å². The van der Waals surface area contributed by atoms with Gasteiger partial charge in [0.25, 0.3) is 6.47 Å². The van der Waals surface area contributed by atoms with E-state index in [1.165, 1.54) is 14.5 Å². The van der Waals surface area contributed by atoms with Gasteiger partial charge in [-0.1, -0.05) is 6.07 Å². The summed E-state index contributed by atoms with van der Waals surface area (Å²) in [5, 5.41) is 1.31. The van der Waals surface area contributed by atoms with E-state index in [1.807, 2.05) is 20.8 Å². The van der Waals surface area contributed by atoms with E-state index in [-0.39, 0.29) is 5.60 Å². The number of hydrogen-bond donors (Lipinski definition) is 0. The van der Waals surface area contributed by atoms with Crippen molar-refractivity contribution >= 4 is 40.0 Å². The lowest BCUT2D eigenvalue weighted by Crippen LogP contribution is -2.17. The average molecular weight is 359 g/mol. The lowest BCUT2D eigenvalue weighted by molar-refractivity contribution is -0.138. The number of nitrogens with zero attached hydrogens (tertiary/aromatic N) is 1. The molecule has 3 nitrogen and oxygen atoms in total. The van der Waals surface area contributed by atoms with E-state index < -0.39 is 0 Å². The summed E-state index contributed by atoms with van der Waals surface area (Å²) in [6, 6.07) is 8.60. The molecule has 0 atom stereocenters. The van der Waals surface area contributed by atoms with Crippen LogP contribution in [0.25, 0.3) is 10.9 Å². The minimum atomic E-state index is -0.318. The second kappa shape index (κ2) is 6.22. The van der Waals surface area contributed by atoms with Crippen molar-refractivity contribution in [2.45, 2.75) is 26.4 Å². The van der Waals surface area contributed by atoms with Crippen LogP contribution in [-0.4, -0.2) is 16.6 Å². The maximum Gasteiger partial charge on any atom is 0.293 e. The molecule has 2 rings (SSSR count). The molecule has 18 heavy (non-hydrogen) atoms. The molecule has 0 aliphatic rings. The zero-order valence-electron chi connectivity index (χ0n) is 11.1. The molecule has 0 fully saturated rings. The fourth-order valence-corrected chi connectivity index (χ4v) is 1.85. The Kier molecular flexibility index (Phi) is 5.19. The van der Waals surface area contributed by atoms with E-state index in [2.05, 4.69) is 69.4 Å². The molecule has 1 heterocycles. The van der Waals surface area contributed by atoms with Crippen molar-refractivity contribution in [1.29, 1.82) is 0 Å². The highest BCUT2D eigenvalue weighted by Gasteiger charge is 2.07. The number of rotatable bonds is 1. The second-order valence-electron chi connectivity index (χ2n) is 4.96. The summed E-state index contributed by atoms with van der Waals surface area (Å²) in [5.74, 6) is 0. The van der Waals surface area contributed by atoms with Crippen LogP contribution >= 0.6 is 22.6 Å². The molecule has 0 radical (unpaired) electrons. The first kappa shape index (κ1) is 15.0. The molecular formula is C14H18INO2. The molecule has 0 aliphatic carbocycles. The molecule has 98 valence electrons. The highest BCUT2D eigenvalue weighted by molar-refractivity contribution is 14.1. The molecule has 1 aromatic carbocycles. The highest BCUT2D eigenvalue weighted by atomic mass is 127. The SMILES string of the molecule is CC(C)(C)OC=O.Cn1ccc2ccc(I)cc21. The summed E-state index contributed by atoms with van der Waals surface area (Å²) in [4.78, 5) is 9.60. The third kappa shape index (κ3) is 4.68. The van der Waals surface area contributed by atoms with Gasteiger partial charge in [-0.05, 0) is 66.9 Å². The molecule has 0 saturated carbocycles. The number of ether oxygens (including phenoxy) is 1. The first-order valence-corrected chi connectivity index (χ1v) is 6.73. The van der Waals surface area contributed by atoms with Crippen molar-refractivity contribution in [3.8, 4) is 0 Å². The van der Waals surface area contributed by atoms with E-state index in [4.69, 9.17) is 0 Å². The van der Waals surface area contributed by atoms with Crippen LogP contribution < -0.4 is 0 Å². The Hall–Kier alpha value is -1.04. The summed E-state index contributed by atoms with van der Waals surface area (Å²) < 4.78 is 7.97. The Morgan fingerprint density at radius 3 is 2.44 bits per heavy atom. The summed E-state index contributed by atoms with van der Waals surface area (Å²) in [5.41, 5.74) is 0.985. The molecule has 0 saturated heterocycles. The van der Waals surface area contributed by atoms with Crippen LogP contribution in [0.4, 0.5) is 0 Å². The van der Waals surface area contributed by atoms with Crippen molar-refractivity contribution in [3.05, 3.63) is 34.0 Å². The van der Waals surface area contributed by atoms with Crippen molar-refractivity contribution in [3.63, 3.8) is 0 Å². The van der Waals surface area contributed by atoms with E-state index in [1.54, 1.807) is 0 Å². The van der Waals surface area contributed by atoms with Gasteiger partial charge in [0.15, 0.2) is 0 Å². The molecule has 1 aromatic heterocycles. The molecule has 0 spiro atoms. The molecule has 0 bridgehead atoms. The third-order valence-electron chi connectivity index (χ3n) is 2.25. The van der Waals surface area contributed by atoms with Crippen LogP contribution in [0.3, 0.4) is 0 Å². The minimum absolute atomic E-state index is 0.318. The standard InChI is InChI=1S/C9H8IN.C5H10O2/c1-11-5-4-7-2-3-8(10)6-9(7)11;1-5(2,3)7-4-6/h2-6H,1H3;4H,1-3H3. The maximum atomic E-state index is 9.60. The normalized spacial score (nSPS) is 10.7. The molecule has 0 aliphatic heterocycles. The molecular weight excluding hydrogens is 341 g/mol. The summed E-state index contributed by atoms with van der Waals surface area (Å²) >= 11 is 2.33. The molecule has 0 N–H and O–H groups in total. The molecule has 0 amide bonds. The fourth-order valence-electron chi connectivity index (χ4n) is 1.38. The first-order valence-electron chi connectivity index (χ1n) is 5.65. The number of aromatic nitrogens is 1. The van der Waals surface area contributed by atoms with Crippen molar-refractivity contribution in [2.75, 3.05) is 0 Å². The quantitative estimate of drug-likeness (QED) is 0.574. The van der Waals surface area contributed by atoms with Gasteiger partial charge in [0.1, 0.15) is 5.60 Å². The Morgan fingerprint density at radius 2 is 1.94 bits per heavy atom. The predicted molar refractivity (Wildman–Crippen MR) is 82.5 cm³/mol. The Morgan fingerprint density at radius 1 is 1.28 bits per heavy atom. The van der Waals surface area contributed by atoms with Crippen molar-refractivity contribution in [2.24, 2.45) is 7.05 Å². The third-order valence-corrected chi connectivity index (χ3v) is 2.92. The highest BCUT2D eigenvalue weighted by Crippen LogP contribution is 2.17. The van der Waals surface area contributed by atoms with Crippen molar-refractivity contribution in [1.82, 2.24) is 4.57 Å². The van der Waals surface area contributed by atoms with Crippen LogP contribution in [0.1, 0.15) is 20.8 Å². The lowest BCUT2D eigenvalue weighted by Gasteiger charge is -2.14. The Bertz CT molecular complexity index is 526. The van der Waals surface area contributed by atoms with Crippen LogP contribution in [0, 0.1) is 3.57 Å². The zero-order chi connectivity index (χ0) is 13.8. The topological polar surface area (TPSA) is 31.2 Å². The number of benzene rings is 1. The average Bonchev–Trinajstić information content (AvgIpc) is 2.59.